The third-order valence-corrected chi connectivity index (χ3v) is 7.78. The maximum Gasteiger partial charge on any atom is 0.224 e. The Morgan fingerprint density at radius 2 is 1.88 bits per heavy atom. The first-order chi connectivity index (χ1) is 7.16. The predicted octanol–water partition coefficient (Wildman–Crippen LogP) is 2.85. The lowest BCUT2D eigenvalue weighted by Crippen LogP contribution is -2.31. The van der Waals surface area contributed by atoms with E-state index in [1.807, 2.05) is 0 Å². The SMILES string of the molecule is CS(=O)(=O)[C@@](Cl)(I)[C@@H](O)c1ccc(Br)cc1. The summed E-state index contributed by atoms with van der Waals surface area (Å²) in [5, 5.41) is 9.94. The van der Waals surface area contributed by atoms with Crippen LogP contribution in [0.3, 0.4) is 0 Å². The van der Waals surface area contributed by atoms with Crippen LogP contribution in [0.15, 0.2) is 28.7 Å². The average molecular weight is 439 g/mol. The van der Waals surface area contributed by atoms with Crippen molar-refractivity contribution in [1.29, 1.82) is 0 Å². The molecule has 0 aliphatic heterocycles. The van der Waals surface area contributed by atoms with Crippen LogP contribution in [-0.4, -0.2) is 22.0 Å². The van der Waals surface area contributed by atoms with Gasteiger partial charge in [0.15, 0.2) is 9.84 Å². The predicted molar refractivity (Wildman–Crippen MR) is 76.5 cm³/mol. The van der Waals surface area contributed by atoms with Crippen LogP contribution < -0.4 is 0 Å². The Balaban J connectivity index is 3.12. The minimum Gasteiger partial charge on any atom is -0.385 e. The average Bonchev–Trinajstić information content (AvgIpc) is 2.16. The van der Waals surface area contributed by atoms with Crippen molar-refractivity contribution in [3.05, 3.63) is 34.3 Å². The fourth-order valence-corrected chi connectivity index (χ4v) is 2.33. The second-order valence-electron chi connectivity index (χ2n) is 3.29. The molecule has 16 heavy (non-hydrogen) atoms. The van der Waals surface area contributed by atoms with Gasteiger partial charge in [-0.05, 0) is 40.3 Å². The van der Waals surface area contributed by atoms with E-state index in [1.165, 1.54) is 22.6 Å². The fraction of sp³-hybridized carbons (Fsp3) is 0.333. The Kier molecular flexibility index (Phi) is 4.68. The van der Waals surface area contributed by atoms with E-state index < -0.39 is 18.2 Å². The van der Waals surface area contributed by atoms with Gasteiger partial charge in [-0.2, -0.15) is 0 Å². The molecule has 0 unspecified atom stereocenters. The summed E-state index contributed by atoms with van der Waals surface area (Å²) in [7, 11) is -3.57. The molecule has 0 aliphatic carbocycles. The van der Waals surface area contributed by atoms with Crippen LogP contribution in [-0.2, 0) is 9.84 Å². The summed E-state index contributed by atoms with van der Waals surface area (Å²) in [6, 6.07) is 6.67. The summed E-state index contributed by atoms with van der Waals surface area (Å²) in [6.45, 7) is 0. The van der Waals surface area contributed by atoms with Gasteiger partial charge in [0.1, 0.15) is 6.10 Å². The molecule has 3 nitrogen and oxygen atoms in total. The quantitative estimate of drug-likeness (QED) is 0.582. The lowest BCUT2D eigenvalue weighted by Gasteiger charge is -2.24. The summed E-state index contributed by atoms with van der Waals surface area (Å²) in [4.78, 5) is 0. The number of hydrogen-bond donors (Lipinski definition) is 1. The number of benzene rings is 1. The zero-order valence-corrected chi connectivity index (χ0v) is 13.5. The molecule has 0 heterocycles. The van der Waals surface area contributed by atoms with E-state index in [0.29, 0.717) is 5.56 Å². The molecule has 0 fully saturated rings. The lowest BCUT2D eigenvalue weighted by atomic mass is 10.1. The van der Waals surface area contributed by atoms with Crippen molar-refractivity contribution in [2.75, 3.05) is 6.26 Å². The molecule has 0 saturated heterocycles. The van der Waals surface area contributed by atoms with Gasteiger partial charge in [0, 0.05) is 10.7 Å². The van der Waals surface area contributed by atoms with Gasteiger partial charge in [-0.1, -0.05) is 39.7 Å². The van der Waals surface area contributed by atoms with Crippen LogP contribution in [0.4, 0.5) is 0 Å². The summed E-state index contributed by atoms with van der Waals surface area (Å²) in [6.07, 6.45) is -0.285. The molecular formula is C9H9BrClIO3S. The number of alkyl halides is 2. The highest BCUT2D eigenvalue weighted by Crippen LogP contribution is 2.42. The van der Waals surface area contributed by atoms with Crippen molar-refractivity contribution in [3.8, 4) is 0 Å². The van der Waals surface area contributed by atoms with Crippen LogP contribution in [0.2, 0.25) is 0 Å². The first-order valence-electron chi connectivity index (χ1n) is 4.17. The van der Waals surface area contributed by atoms with E-state index in [-0.39, 0.29) is 0 Å². The molecule has 0 aromatic heterocycles. The Labute approximate surface area is 121 Å². The molecule has 1 aromatic rings. The van der Waals surface area contributed by atoms with E-state index in [1.54, 1.807) is 24.3 Å². The monoisotopic (exact) mass is 438 g/mol. The first-order valence-corrected chi connectivity index (χ1v) is 8.31. The van der Waals surface area contributed by atoms with Crippen LogP contribution >= 0.6 is 50.1 Å². The van der Waals surface area contributed by atoms with E-state index >= 15 is 0 Å². The molecule has 90 valence electrons. The maximum atomic E-state index is 11.4. The van der Waals surface area contributed by atoms with Gasteiger partial charge < -0.3 is 5.11 Å². The Morgan fingerprint density at radius 1 is 1.44 bits per heavy atom. The molecule has 0 aliphatic rings. The molecule has 7 heteroatoms. The highest BCUT2D eigenvalue weighted by Gasteiger charge is 2.43. The van der Waals surface area contributed by atoms with Crippen LogP contribution in [0, 0.1) is 0 Å². The topological polar surface area (TPSA) is 54.4 Å². The summed E-state index contributed by atoms with van der Waals surface area (Å²) >= 11 is 10.7. The number of hydrogen-bond acceptors (Lipinski definition) is 3. The normalized spacial score (nSPS) is 17.8. The number of aliphatic hydroxyl groups excluding tert-OH is 1. The van der Waals surface area contributed by atoms with Gasteiger partial charge in [-0.3, -0.25) is 0 Å². The minimum atomic E-state index is -3.57. The minimum absolute atomic E-state index is 0.457. The molecule has 0 spiro atoms. The number of halogens is 3. The molecule has 1 aromatic carbocycles. The van der Waals surface area contributed by atoms with Gasteiger partial charge in [0.2, 0.25) is 2.21 Å². The number of rotatable bonds is 3. The van der Waals surface area contributed by atoms with Crippen LogP contribution in [0.25, 0.3) is 0 Å². The molecule has 1 N–H and O–H groups in total. The van der Waals surface area contributed by atoms with Gasteiger partial charge in [-0.25, -0.2) is 8.42 Å². The van der Waals surface area contributed by atoms with E-state index in [4.69, 9.17) is 11.6 Å². The van der Waals surface area contributed by atoms with E-state index in [9.17, 15) is 13.5 Å². The van der Waals surface area contributed by atoms with Gasteiger partial charge in [-0.15, -0.1) is 0 Å². The van der Waals surface area contributed by atoms with Gasteiger partial charge in [0.05, 0.1) is 0 Å². The molecule has 0 amide bonds. The standard InChI is InChI=1S/C9H9BrClIO3S/c1-16(14,15)9(11,12)8(13)6-2-4-7(10)5-3-6/h2-5,8,13H,1H3/t8-,9-/m0/s1. The number of sulfone groups is 1. The molecular weight excluding hydrogens is 430 g/mol. The lowest BCUT2D eigenvalue weighted by molar-refractivity contribution is 0.188. The fourth-order valence-electron chi connectivity index (χ4n) is 1.04. The molecule has 0 saturated carbocycles. The largest absolute Gasteiger partial charge is 0.385 e. The maximum absolute atomic E-state index is 11.4. The second-order valence-corrected chi connectivity index (χ2v) is 10.3. The van der Waals surface area contributed by atoms with Crippen molar-refractivity contribution in [2.45, 2.75) is 8.32 Å². The second kappa shape index (κ2) is 5.09. The Bertz CT molecular complexity index is 472. The first kappa shape index (κ1) is 14.7. The molecule has 0 radical (unpaired) electrons. The smallest absolute Gasteiger partial charge is 0.224 e. The van der Waals surface area contributed by atoms with Crippen molar-refractivity contribution in [2.24, 2.45) is 0 Å². The van der Waals surface area contributed by atoms with Crippen LogP contribution in [0.1, 0.15) is 11.7 Å². The molecule has 0 bridgehead atoms. The highest BCUT2D eigenvalue weighted by molar-refractivity contribution is 14.1. The van der Waals surface area contributed by atoms with Crippen molar-refractivity contribution >= 4 is 60.0 Å². The summed E-state index contributed by atoms with van der Waals surface area (Å²) < 4.78 is 21.9. The Hall–Kier alpha value is 0.630. The number of aliphatic hydroxyl groups is 1. The highest BCUT2D eigenvalue weighted by atomic mass is 127. The Morgan fingerprint density at radius 3 is 2.25 bits per heavy atom. The summed E-state index contributed by atoms with van der Waals surface area (Å²) in [5.41, 5.74) is 0.457. The third kappa shape index (κ3) is 3.10. The van der Waals surface area contributed by atoms with Crippen molar-refractivity contribution in [1.82, 2.24) is 0 Å². The summed E-state index contributed by atoms with van der Waals surface area (Å²) in [5.74, 6) is 0. The van der Waals surface area contributed by atoms with E-state index in [2.05, 4.69) is 15.9 Å². The van der Waals surface area contributed by atoms with Crippen molar-refractivity contribution < 1.29 is 13.5 Å². The third-order valence-electron chi connectivity index (χ3n) is 2.00. The zero-order valence-electron chi connectivity index (χ0n) is 8.19. The van der Waals surface area contributed by atoms with Crippen LogP contribution in [0.5, 0.6) is 0 Å². The van der Waals surface area contributed by atoms with E-state index in [0.717, 1.165) is 10.7 Å². The molecule has 1 rings (SSSR count). The zero-order chi connectivity index (χ0) is 12.6. The molecule has 2 atom stereocenters. The van der Waals surface area contributed by atoms with Crippen molar-refractivity contribution in [3.63, 3.8) is 0 Å². The van der Waals surface area contributed by atoms with Gasteiger partial charge in [0.25, 0.3) is 0 Å². The van der Waals surface area contributed by atoms with Gasteiger partial charge >= 0.3 is 0 Å².